The highest BCUT2D eigenvalue weighted by atomic mass is 79.9. The number of carbonyl (C=O) groups is 1. The van der Waals surface area contributed by atoms with Gasteiger partial charge in [0, 0.05) is 4.47 Å². The second kappa shape index (κ2) is 10.4. The van der Waals surface area contributed by atoms with E-state index in [-0.39, 0.29) is 12.5 Å². The van der Waals surface area contributed by atoms with Gasteiger partial charge in [-0.1, -0.05) is 66.2 Å². The van der Waals surface area contributed by atoms with Crippen LogP contribution in [0.25, 0.3) is 11.1 Å². The molecule has 2 aromatic rings. The van der Waals surface area contributed by atoms with E-state index in [4.69, 9.17) is 21.4 Å². The molecular weight excluding hydrogens is 386 g/mol. The lowest BCUT2D eigenvalue weighted by Crippen LogP contribution is -2.29. The molecule has 0 aliphatic carbocycles. The maximum atomic E-state index is 10.8. The number of carboxylic acids is 1. The molecular formula is C18H22BrN3O3. The molecule has 2 aromatic carbocycles. The van der Waals surface area contributed by atoms with E-state index in [1.165, 1.54) is 0 Å². The molecule has 0 spiro atoms. The summed E-state index contributed by atoms with van der Waals surface area (Å²) < 4.78 is 6.32. The molecule has 0 aromatic heterocycles. The zero-order chi connectivity index (χ0) is 18.8. The molecule has 0 aliphatic heterocycles. The Hall–Kier alpha value is -2.51. The number of benzene rings is 2. The second-order valence-electron chi connectivity index (χ2n) is 4.68. The summed E-state index contributed by atoms with van der Waals surface area (Å²) in [6.45, 7) is 4.15. The van der Waals surface area contributed by atoms with Gasteiger partial charge in [-0.3, -0.25) is 5.43 Å². The first kappa shape index (κ1) is 20.5. The fourth-order valence-electron chi connectivity index (χ4n) is 1.89. The zero-order valence-electron chi connectivity index (χ0n) is 14.1. The van der Waals surface area contributed by atoms with Crippen molar-refractivity contribution < 1.29 is 14.6 Å². The predicted molar refractivity (Wildman–Crippen MR) is 102 cm³/mol. The normalized spacial score (nSPS) is 10.9. The van der Waals surface area contributed by atoms with Crippen molar-refractivity contribution in [3.05, 3.63) is 70.1 Å². The summed E-state index contributed by atoms with van der Waals surface area (Å²) in [6, 6.07) is 15.7. The van der Waals surface area contributed by atoms with Crippen molar-refractivity contribution in [2.75, 3.05) is 0 Å². The van der Waals surface area contributed by atoms with Gasteiger partial charge in [-0.2, -0.15) is 0 Å². The van der Waals surface area contributed by atoms with Gasteiger partial charge in [-0.05, 0) is 28.8 Å². The van der Waals surface area contributed by atoms with E-state index < -0.39 is 11.7 Å². The van der Waals surface area contributed by atoms with E-state index in [0.717, 1.165) is 21.2 Å². The summed E-state index contributed by atoms with van der Waals surface area (Å²) in [5.74, 6) is 3.73. The summed E-state index contributed by atoms with van der Waals surface area (Å²) in [5.41, 5.74) is 10.1. The first-order valence-corrected chi connectivity index (χ1v) is 8.48. The largest absolute Gasteiger partial charge is 0.476 e. The first-order chi connectivity index (χ1) is 12.0. The van der Waals surface area contributed by atoms with Crippen LogP contribution in [0.3, 0.4) is 0 Å². The van der Waals surface area contributed by atoms with Gasteiger partial charge >= 0.3 is 5.97 Å². The topological polar surface area (TPSA) is 111 Å². The highest BCUT2D eigenvalue weighted by Gasteiger charge is 2.11. The number of halogens is 1. The van der Waals surface area contributed by atoms with Gasteiger partial charge in [0.1, 0.15) is 6.61 Å². The molecule has 0 heterocycles. The van der Waals surface area contributed by atoms with Crippen molar-refractivity contribution in [1.82, 2.24) is 5.43 Å². The molecule has 0 radical (unpaired) electrons. The Bertz CT molecular complexity index is 713. The molecule has 6 nitrogen and oxygen atoms in total. The van der Waals surface area contributed by atoms with Crippen molar-refractivity contribution in [2.24, 2.45) is 11.6 Å². The second-order valence-corrected chi connectivity index (χ2v) is 5.60. The van der Waals surface area contributed by atoms with Crippen molar-refractivity contribution in [3.8, 4) is 11.1 Å². The molecule has 2 rings (SSSR count). The van der Waals surface area contributed by atoms with Gasteiger partial charge in [0.15, 0.2) is 5.70 Å². The molecule has 25 heavy (non-hydrogen) atoms. The maximum Gasteiger partial charge on any atom is 0.357 e. The zero-order valence-corrected chi connectivity index (χ0v) is 15.7. The van der Waals surface area contributed by atoms with E-state index in [1.54, 1.807) is 0 Å². The lowest BCUT2D eigenvalue weighted by atomic mass is 10.0. The Balaban J connectivity index is 0.00000151. The minimum atomic E-state index is -1.30. The van der Waals surface area contributed by atoms with Crippen LogP contribution in [0.1, 0.15) is 19.4 Å². The lowest BCUT2D eigenvalue weighted by molar-refractivity contribution is -0.133. The van der Waals surface area contributed by atoms with Gasteiger partial charge in [0.2, 0.25) is 5.88 Å². The van der Waals surface area contributed by atoms with E-state index in [1.807, 2.05) is 62.4 Å². The van der Waals surface area contributed by atoms with Gasteiger partial charge in [-0.15, -0.1) is 0 Å². The quantitative estimate of drug-likeness (QED) is 0.253. The summed E-state index contributed by atoms with van der Waals surface area (Å²) in [7, 11) is 0. The fraction of sp³-hybridized carbons (Fsp3) is 0.167. The third-order valence-corrected chi connectivity index (χ3v) is 3.65. The van der Waals surface area contributed by atoms with Crippen LogP contribution in [-0.4, -0.2) is 11.1 Å². The number of nitrogens with one attached hydrogen (secondary N) is 1. The van der Waals surface area contributed by atoms with Crippen LogP contribution in [-0.2, 0) is 16.1 Å². The Morgan fingerprint density at radius 1 is 1.08 bits per heavy atom. The molecule has 0 saturated heterocycles. The molecule has 134 valence electrons. The molecule has 0 fully saturated rings. The fourth-order valence-corrected chi connectivity index (χ4v) is 2.15. The number of hydrogen-bond acceptors (Lipinski definition) is 5. The molecule has 7 heteroatoms. The summed E-state index contributed by atoms with van der Waals surface area (Å²) in [6.07, 6.45) is 0. The van der Waals surface area contributed by atoms with E-state index in [9.17, 15) is 4.79 Å². The minimum absolute atomic E-state index is 0.147. The SMILES string of the molecule is CC.NN/C(OCc1ccc(-c2ccc(Br)cc2)cc1)=C(\N)C(=O)O. The van der Waals surface area contributed by atoms with E-state index >= 15 is 0 Å². The lowest BCUT2D eigenvalue weighted by Gasteiger charge is -2.11. The van der Waals surface area contributed by atoms with Gasteiger partial charge < -0.3 is 15.6 Å². The highest BCUT2D eigenvalue weighted by Crippen LogP contribution is 2.22. The van der Waals surface area contributed by atoms with Crippen LogP contribution in [0.15, 0.2) is 64.6 Å². The van der Waals surface area contributed by atoms with Gasteiger partial charge in [0.05, 0.1) is 0 Å². The average Bonchev–Trinajstić information content (AvgIpc) is 2.65. The monoisotopic (exact) mass is 407 g/mol. The van der Waals surface area contributed by atoms with Crippen LogP contribution in [0.5, 0.6) is 0 Å². The number of aliphatic carboxylic acids is 1. The Labute approximate surface area is 155 Å². The average molecular weight is 408 g/mol. The van der Waals surface area contributed by atoms with Crippen LogP contribution >= 0.6 is 15.9 Å². The molecule has 0 saturated carbocycles. The number of carboxylic acid groups (broad SMARTS) is 1. The summed E-state index contributed by atoms with van der Waals surface area (Å²) >= 11 is 3.40. The van der Waals surface area contributed by atoms with E-state index in [0.29, 0.717) is 0 Å². The number of hydrazine groups is 1. The Kier molecular flexibility index (Phi) is 8.52. The van der Waals surface area contributed by atoms with Crippen LogP contribution in [0.2, 0.25) is 0 Å². The smallest absolute Gasteiger partial charge is 0.357 e. The molecule has 0 atom stereocenters. The Morgan fingerprint density at radius 2 is 1.56 bits per heavy atom. The standard InChI is InChI=1S/C16H16BrN3O3.C2H6/c17-13-7-5-12(6-8-13)11-3-1-10(2-4-11)9-23-15(20-19)14(18)16(21)22;1-2/h1-8,20H,9,18-19H2,(H,21,22);1-2H3/b15-14+;. The van der Waals surface area contributed by atoms with E-state index in [2.05, 4.69) is 21.4 Å². The third kappa shape index (κ3) is 6.13. The molecule has 0 amide bonds. The number of rotatable bonds is 6. The number of hydrogen-bond donors (Lipinski definition) is 4. The maximum absolute atomic E-state index is 10.8. The third-order valence-electron chi connectivity index (χ3n) is 3.12. The van der Waals surface area contributed by atoms with Crippen molar-refractivity contribution in [1.29, 1.82) is 0 Å². The Morgan fingerprint density at radius 3 is 2.00 bits per heavy atom. The van der Waals surface area contributed by atoms with Crippen molar-refractivity contribution in [3.63, 3.8) is 0 Å². The summed E-state index contributed by atoms with van der Waals surface area (Å²) in [4.78, 5) is 10.8. The first-order valence-electron chi connectivity index (χ1n) is 7.68. The van der Waals surface area contributed by atoms with Gasteiger partial charge in [0.25, 0.3) is 0 Å². The van der Waals surface area contributed by atoms with Gasteiger partial charge in [-0.25, -0.2) is 10.6 Å². The minimum Gasteiger partial charge on any atom is -0.476 e. The predicted octanol–water partition coefficient (Wildman–Crippen LogP) is 3.33. The molecule has 6 N–H and O–H groups in total. The van der Waals surface area contributed by atoms with Crippen LogP contribution in [0, 0.1) is 0 Å². The van der Waals surface area contributed by atoms with Crippen LogP contribution in [0.4, 0.5) is 0 Å². The van der Waals surface area contributed by atoms with Crippen molar-refractivity contribution >= 4 is 21.9 Å². The molecule has 0 unspecified atom stereocenters. The molecule has 0 bridgehead atoms. The van der Waals surface area contributed by atoms with Crippen LogP contribution < -0.4 is 17.0 Å². The summed E-state index contributed by atoms with van der Waals surface area (Å²) in [5, 5.41) is 8.80. The van der Waals surface area contributed by atoms with Crippen molar-refractivity contribution in [2.45, 2.75) is 20.5 Å². The molecule has 0 aliphatic rings. The number of nitrogens with two attached hydrogens (primary N) is 2. The number of ether oxygens (including phenoxy) is 1. The highest BCUT2D eigenvalue weighted by molar-refractivity contribution is 9.10.